The highest BCUT2D eigenvalue weighted by molar-refractivity contribution is 8.22. The van der Waals surface area contributed by atoms with Crippen LogP contribution in [-0.2, 0) is 4.79 Å². The molecule has 26 heavy (non-hydrogen) atoms. The molecule has 5 nitrogen and oxygen atoms in total. The maximum absolute atomic E-state index is 12.4. The standard InChI is InChI=1S/C18H22ClN3O2S2/c19-14-6-4-5-13(11-14)15-12-16(23)22(17(24)20-15)9-10-26-18(25)21-7-2-1-3-8-21/h4-6,11,15H,1-3,7-10,12H2,(H,20,24). The molecule has 0 spiro atoms. The molecule has 0 saturated carbocycles. The van der Waals surface area contributed by atoms with E-state index in [-0.39, 0.29) is 24.4 Å². The van der Waals surface area contributed by atoms with Crippen molar-refractivity contribution < 1.29 is 9.59 Å². The van der Waals surface area contributed by atoms with E-state index in [4.69, 9.17) is 23.8 Å². The molecule has 2 aliphatic heterocycles. The number of likely N-dealkylation sites (tertiary alicyclic amines) is 1. The predicted molar refractivity (Wildman–Crippen MR) is 110 cm³/mol. The average molecular weight is 412 g/mol. The summed E-state index contributed by atoms with van der Waals surface area (Å²) < 4.78 is 0.867. The minimum absolute atomic E-state index is 0.164. The Kier molecular flexibility index (Phi) is 6.78. The molecule has 8 heteroatoms. The Morgan fingerprint density at radius 1 is 1.27 bits per heavy atom. The molecule has 2 saturated heterocycles. The summed E-state index contributed by atoms with van der Waals surface area (Å²) in [6, 6.07) is 6.56. The fraction of sp³-hybridized carbons (Fsp3) is 0.500. The van der Waals surface area contributed by atoms with Gasteiger partial charge in [0.25, 0.3) is 0 Å². The van der Waals surface area contributed by atoms with Crippen molar-refractivity contribution >= 4 is 51.8 Å². The number of imide groups is 1. The highest BCUT2D eigenvalue weighted by atomic mass is 35.5. The fourth-order valence-electron chi connectivity index (χ4n) is 3.22. The van der Waals surface area contributed by atoms with Gasteiger partial charge >= 0.3 is 6.03 Å². The largest absolute Gasteiger partial charge is 0.358 e. The van der Waals surface area contributed by atoms with Crippen molar-refractivity contribution in [1.29, 1.82) is 0 Å². The van der Waals surface area contributed by atoms with E-state index < -0.39 is 0 Å². The molecule has 0 radical (unpaired) electrons. The number of benzene rings is 1. The van der Waals surface area contributed by atoms with Crippen LogP contribution >= 0.6 is 35.6 Å². The molecule has 0 aliphatic carbocycles. The molecular formula is C18H22ClN3O2S2. The highest BCUT2D eigenvalue weighted by Crippen LogP contribution is 2.25. The summed E-state index contributed by atoms with van der Waals surface area (Å²) in [6.07, 6.45) is 3.87. The van der Waals surface area contributed by atoms with Crippen molar-refractivity contribution in [2.45, 2.75) is 31.7 Å². The number of halogens is 1. The molecule has 2 aliphatic rings. The molecule has 1 aromatic carbocycles. The summed E-state index contributed by atoms with van der Waals surface area (Å²) in [5.74, 6) is 0.458. The number of thiocarbonyl (C=S) groups is 1. The number of hydrogen-bond acceptors (Lipinski definition) is 4. The van der Waals surface area contributed by atoms with Crippen LogP contribution in [-0.4, -0.2) is 51.4 Å². The van der Waals surface area contributed by atoms with Crippen LogP contribution in [0.25, 0.3) is 0 Å². The zero-order valence-corrected chi connectivity index (χ0v) is 16.8. The zero-order valence-electron chi connectivity index (χ0n) is 14.4. The van der Waals surface area contributed by atoms with Gasteiger partial charge < -0.3 is 10.2 Å². The maximum Gasteiger partial charge on any atom is 0.324 e. The number of hydrogen-bond donors (Lipinski definition) is 1. The predicted octanol–water partition coefficient (Wildman–Crippen LogP) is 3.83. The van der Waals surface area contributed by atoms with Gasteiger partial charge in [0.2, 0.25) is 5.91 Å². The smallest absolute Gasteiger partial charge is 0.324 e. The first-order valence-electron chi connectivity index (χ1n) is 8.82. The SMILES string of the molecule is O=C1CC(c2cccc(Cl)c2)NC(=O)N1CCSC(=S)N1CCCCC1. The lowest BCUT2D eigenvalue weighted by molar-refractivity contribution is -0.130. The van der Waals surface area contributed by atoms with Crippen molar-refractivity contribution in [3.05, 3.63) is 34.9 Å². The van der Waals surface area contributed by atoms with Crippen molar-refractivity contribution in [2.24, 2.45) is 0 Å². The van der Waals surface area contributed by atoms with Gasteiger partial charge in [0.1, 0.15) is 4.32 Å². The number of piperidine rings is 1. The highest BCUT2D eigenvalue weighted by Gasteiger charge is 2.32. The van der Waals surface area contributed by atoms with Crippen molar-refractivity contribution in [2.75, 3.05) is 25.4 Å². The lowest BCUT2D eigenvalue weighted by atomic mass is 10.0. The van der Waals surface area contributed by atoms with E-state index in [0.717, 1.165) is 23.0 Å². The van der Waals surface area contributed by atoms with Crippen LogP contribution in [0.2, 0.25) is 5.02 Å². The van der Waals surface area contributed by atoms with Crippen LogP contribution in [0, 0.1) is 0 Å². The summed E-state index contributed by atoms with van der Waals surface area (Å²) in [5.41, 5.74) is 0.847. The third-order valence-corrected chi connectivity index (χ3v) is 6.37. The quantitative estimate of drug-likeness (QED) is 0.763. The average Bonchev–Trinajstić information content (AvgIpc) is 2.64. The number of urea groups is 1. The first-order chi connectivity index (χ1) is 12.5. The second kappa shape index (κ2) is 9.06. The zero-order chi connectivity index (χ0) is 18.5. The summed E-state index contributed by atoms with van der Waals surface area (Å²) in [4.78, 5) is 28.3. The minimum Gasteiger partial charge on any atom is -0.358 e. The van der Waals surface area contributed by atoms with Crippen LogP contribution in [0.1, 0.15) is 37.3 Å². The van der Waals surface area contributed by atoms with Crippen molar-refractivity contribution in [3.63, 3.8) is 0 Å². The van der Waals surface area contributed by atoms with E-state index >= 15 is 0 Å². The number of amides is 3. The number of thioether (sulfide) groups is 1. The van der Waals surface area contributed by atoms with E-state index in [1.165, 1.54) is 24.2 Å². The first-order valence-corrected chi connectivity index (χ1v) is 10.6. The molecule has 0 aromatic heterocycles. The lowest BCUT2D eigenvalue weighted by Gasteiger charge is -2.32. The van der Waals surface area contributed by atoms with Crippen LogP contribution in [0.3, 0.4) is 0 Å². The molecular weight excluding hydrogens is 390 g/mol. The van der Waals surface area contributed by atoms with Crippen molar-refractivity contribution in [1.82, 2.24) is 15.1 Å². The van der Waals surface area contributed by atoms with Crippen LogP contribution in [0.4, 0.5) is 4.79 Å². The number of carbonyl (C=O) groups is 2. The summed E-state index contributed by atoms with van der Waals surface area (Å²) >= 11 is 13.0. The summed E-state index contributed by atoms with van der Waals surface area (Å²) in [6.45, 7) is 2.39. The van der Waals surface area contributed by atoms with E-state index in [1.807, 2.05) is 12.1 Å². The molecule has 0 bridgehead atoms. The normalized spacial score (nSPS) is 20.9. The Balaban J connectivity index is 1.50. The lowest BCUT2D eigenvalue weighted by Crippen LogP contribution is -2.52. The minimum atomic E-state index is -0.351. The molecule has 2 heterocycles. The topological polar surface area (TPSA) is 52.7 Å². The van der Waals surface area contributed by atoms with Gasteiger partial charge in [-0.15, -0.1) is 0 Å². The summed E-state index contributed by atoms with van der Waals surface area (Å²) in [5, 5.41) is 3.49. The Morgan fingerprint density at radius 3 is 2.73 bits per heavy atom. The van der Waals surface area contributed by atoms with Crippen LogP contribution < -0.4 is 5.32 Å². The second-order valence-corrected chi connectivity index (χ2v) is 8.63. The number of rotatable bonds is 4. The molecule has 1 atom stereocenters. The molecule has 140 valence electrons. The van der Waals surface area contributed by atoms with Gasteiger partial charge in [0.15, 0.2) is 0 Å². The molecule has 1 N–H and O–H groups in total. The third-order valence-electron chi connectivity index (χ3n) is 4.63. The third kappa shape index (κ3) is 4.90. The Morgan fingerprint density at radius 2 is 2.04 bits per heavy atom. The molecule has 1 unspecified atom stereocenters. The van der Waals surface area contributed by atoms with Gasteiger partial charge in [0.05, 0.1) is 12.5 Å². The molecule has 3 rings (SSSR count). The number of carbonyl (C=O) groups excluding carboxylic acids is 2. The van der Waals surface area contributed by atoms with E-state index in [2.05, 4.69) is 10.2 Å². The maximum atomic E-state index is 12.4. The van der Waals surface area contributed by atoms with Crippen LogP contribution in [0.15, 0.2) is 24.3 Å². The Hall–Kier alpha value is -1.31. The van der Waals surface area contributed by atoms with Crippen molar-refractivity contribution in [3.8, 4) is 0 Å². The van der Waals surface area contributed by atoms with E-state index in [0.29, 0.717) is 17.3 Å². The Labute approximate surface area is 168 Å². The first kappa shape index (κ1) is 19.5. The monoisotopic (exact) mass is 411 g/mol. The summed E-state index contributed by atoms with van der Waals surface area (Å²) in [7, 11) is 0. The van der Waals surface area contributed by atoms with Gasteiger partial charge in [0, 0.05) is 30.4 Å². The Bertz CT molecular complexity index is 677. The molecule has 3 amide bonds. The molecule has 2 fully saturated rings. The van der Waals surface area contributed by atoms with Gasteiger partial charge in [-0.05, 0) is 37.0 Å². The number of nitrogens with one attached hydrogen (secondary N) is 1. The van der Waals surface area contributed by atoms with Gasteiger partial charge in [-0.25, -0.2) is 4.79 Å². The van der Waals surface area contributed by atoms with Crippen LogP contribution in [0.5, 0.6) is 0 Å². The van der Waals surface area contributed by atoms with Gasteiger partial charge in [-0.3, -0.25) is 9.69 Å². The van der Waals surface area contributed by atoms with E-state index in [9.17, 15) is 9.59 Å². The number of nitrogens with zero attached hydrogens (tertiary/aromatic N) is 2. The van der Waals surface area contributed by atoms with E-state index in [1.54, 1.807) is 23.9 Å². The second-order valence-electron chi connectivity index (χ2n) is 6.47. The van der Waals surface area contributed by atoms with Gasteiger partial charge in [-0.2, -0.15) is 0 Å². The molecule has 1 aromatic rings. The van der Waals surface area contributed by atoms with Gasteiger partial charge in [-0.1, -0.05) is 47.7 Å². The fourth-order valence-corrected chi connectivity index (χ4v) is 4.66.